The van der Waals surface area contributed by atoms with Crippen molar-refractivity contribution in [3.63, 3.8) is 0 Å². The lowest BCUT2D eigenvalue weighted by Crippen LogP contribution is -2.47. The van der Waals surface area contributed by atoms with Gasteiger partial charge < -0.3 is 19.5 Å². The lowest BCUT2D eigenvalue weighted by atomic mass is 9.95. The lowest BCUT2D eigenvalue weighted by Gasteiger charge is -2.34. The third-order valence-corrected chi connectivity index (χ3v) is 4.51. The van der Waals surface area contributed by atoms with Crippen molar-refractivity contribution in [2.24, 2.45) is 5.92 Å². The number of amides is 2. The van der Waals surface area contributed by atoms with E-state index in [1.54, 1.807) is 13.0 Å². The molecule has 1 unspecified atom stereocenters. The summed E-state index contributed by atoms with van der Waals surface area (Å²) in [5, 5.41) is 6.53. The minimum atomic E-state index is -0.285. The van der Waals surface area contributed by atoms with Gasteiger partial charge in [-0.3, -0.25) is 9.59 Å². The van der Waals surface area contributed by atoms with Gasteiger partial charge in [-0.05, 0) is 39.0 Å². The molecule has 0 spiro atoms. The van der Waals surface area contributed by atoms with E-state index in [0.717, 1.165) is 19.3 Å². The first-order chi connectivity index (χ1) is 11.1. The van der Waals surface area contributed by atoms with Crippen LogP contribution in [0.5, 0.6) is 0 Å². The van der Waals surface area contributed by atoms with Crippen molar-refractivity contribution in [3.8, 4) is 0 Å². The van der Waals surface area contributed by atoms with Crippen LogP contribution in [0.3, 0.4) is 0 Å². The van der Waals surface area contributed by atoms with Gasteiger partial charge in [0.05, 0.1) is 0 Å². The SMILES string of the molecule is Cc1cc(NC(=O)C2CCN(C(=O)C3CCCCO3)CC2)no1. The Labute approximate surface area is 135 Å². The third-order valence-electron chi connectivity index (χ3n) is 4.51. The topological polar surface area (TPSA) is 84.7 Å². The molecule has 23 heavy (non-hydrogen) atoms. The number of aryl methyl sites for hydroxylation is 1. The highest BCUT2D eigenvalue weighted by atomic mass is 16.5. The van der Waals surface area contributed by atoms with Crippen LogP contribution in [0, 0.1) is 12.8 Å². The number of piperidine rings is 1. The first kappa shape index (κ1) is 16.0. The third kappa shape index (κ3) is 3.90. The highest BCUT2D eigenvalue weighted by Crippen LogP contribution is 2.22. The van der Waals surface area contributed by atoms with Crippen molar-refractivity contribution >= 4 is 17.6 Å². The predicted octanol–water partition coefficient (Wildman–Crippen LogP) is 1.73. The molecule has 2 aliphatic heterocycles. The van der Waals surface area contributed by atoms with Crippen LogP contribution >= 0.6 is 0 Å². The zero-order valence-electron chi connectivity index (χ0n) is 13.4. The van der Waals surface area contributed by atoms with Crippen LogP contribution < -0.4 is 5.32 Å². The zero-order chi connectivity index (χ0) is 16.2. The molecular weight excluding hydrogens is 298 g/mol. The average molecular weight is 321 g/mol. The van der Waals surface area contributed by atoms with Gasteiger partial charge in [0.15, 0.2) is 5.82 Å². The van der Waals surface area contributed by atoms with E-state index in [9.17, 15) is 9.59 Å². The van der Waals surface area contributed by atoms with Crippen LogP contribution in [0.25, 0.3) is 0 Å². The molecule has 2 saturated heterocycles. The van der Waals surface area contributed by atoms with Gasteiger partial charge in [-0.15, -0.1) is 0 Å². The fourth-order valence-electron chi connectivity index (χ4n) is 3.15. The summed E-state index contributed by atoms with van der Waals surface area (Å²) in [5.41, 5.74) is 0. The van der Waals surface area contributed by atoms with Crippen molar-refractivity contribution in [1.82, 2.24) is 10.1 Å². The van der Waals surface area contributed by atoms with Gasteiger partial charge in [-0.25, -0.2) is 0 Å². The lowest BCUT2D eigenvalue weighted by molar-refractivity contribution is -0.148. The maximum Gasteiger partial charge on any atom is 0.251 e. The fourth-order valence-corrected chi connectivity index (χ4v) is 3.15. The zero-order valence-corrected chi connectivity index (χ0v) is 13.4. The van der Waals surface area contributed by atoms with Gasteiger partial charge in [0.2, 0.25) is 5.91 Å². The number of aromatic nitrogens is 1. The molecule has 0 aromatic carbocycles. The van der Waals surface area contributed by atoms with E-state index in [2.05, 4.69) is 10.5 Å². The number of hydrogen-bond acceptors (Lipinski definition) is 5. The van der Waals surface area contributed by atoms with Crippen LogP contribution in [0.1, 0.15) is 37.9 Å². The summed E-state index contributed by atoms with van der Waals surface area (Å²) in [6, 6.07) is 1.69. The second-order valence-corrected chi connectivity index (χ2v) is 6.27. The molecule has 1 N–H and O–H groups in total. The van der Waals surface area contributed by atoms with Crippen LogP contribution in [-0.2, 0) is 14.3 Å². The molecule has 1 aromatic heterocycles. The Morgan fingerprint density at radius 3 is 2.65 bits per heavy atom. The fraction of sp³-hybridized carbons (Fsp3) is 0.688. The summed E-state index contributed by atoms with van der Waals surface area (Å²) in [7, 11) is 0. The van der Waals surface area contributed by atoms with E-state index in [4.69, 9.17) is 9.26 Å². The van der Waals surface area contributed by atoms with E-state index < -0.39 is 0 Å². The number of nitrogens with zero attached hydrogens (tertiary/aromatic N) is 2. The van der Waals surface area contributed by atoms with Crippen LogP contribution in [0.4, 0.5) is 5.82 Å². The average Bonchev–Trinajstić information content (AvgIpc) is 3.00. The summed E-state index contributed by atoms with van der Waals surface area (Å²) < 4.78 is 10.5. The highest BCUT2D eigenvalue weighted by molar-refractivity contribution is 5.92. The van der Waals surface area contributed by atoms with E-state index in [1.165, 1.54) is 0 Å². The van der Waals surface area contributed by atoms with Gasteiger partial charge in [-0.2, -0.15) is 0 Å². The molecule has 0 radical (unpaired) electrons. The molecule has 2 aliphatic rings. The summed E-state index contributed by atoms with van der Waals surface area (Å²) in [5.74, 6) is 1.04. The number of carbonyl (C=O) groups is 2. The van der Waals surface area contributed by atoms with Gasteiger partial charge in [0.25, 0.3) is 5.91 Å². The van der Waals surface area contributed by atoms with Gasteiger partial charge in [-0.1, -0.05) is 5.16 Å². The number of rotatable bonds is 3. The minimum absolute atomic E-state index is 0.0562. The van der Waals surface area contributed by atoms with E-state index in [0.29, 0.717) is 44.1 Å². The second-order valence-electron chi connectivity index (χ2n) is 6.27. The molecule has 126 valence electrons. The summed E-state index contributed by atoms with van der Waals surface area (Å²) in [6.07, 6.45) is 3.94. The minimum Gasteiger partial charge on any atom is -0.368 e. The standard InChI is InChI=1S/C16H23N3O4/c1-11-10-14(18-23-11)17-15(20)12-5-7-19(8-6-12)16(21)13-4-2-3-9-22-13/h10,12-13H,2-9H2,1H3,(H,17,18,20). The number of likely N-dealkylation sites (tertiary alicyclic amines) is 1. The number of ether oxygens (including phenoxy) is 1. The Morgan fingerprint density at radius 1 is 1.26 bits per heavy atom. The monoisotopic (exact) mass is 321 g/mol. The number of carbonyl (C=O) groups excluding carboxylic acids is 2. The van der Waals surface area contributed by atoms with Crippen molar-refractivity contribution in [1.29, 1.82) is 0 Å². The maximum atomic E-state index is 12.4. The smallest absolute Gasteiger partial charge is 0.251 e. The summed E-state index contributed by atoms with van der Waals surface area (Å²) >= 11 is 0. The van der Waals surface area contributed by atoms with Crippen LogP contribution in [0.2, 0.25) is 0 Å². The van der Waals surface area contributed by atoms with Crippen molar-refractivity contribution in [2.45, 2.75) is 45.1 Å². The summed E-state index contributed by atoms with van der Waals surface area (Å²) in [4.78, 5) is 26.5. The Kier molecular flexibility index (Phi) is 4.95. The quantitative estimate of drug-likeness (QED) is 0.916. The van der Waals surface area contributed by atoms with Crippen molar-refractivity contribution < 1.29 is 18.8 Å². The predicted molar refractivity (Wildman–Crippen MR) is 82.8 cm³/mol. The Morgan fingerprint density at radius 2 is 2.04 bits per heavy atom. The number of nitrogens with one attached hydrogen (secondary N) is 1. The molecule has 0 saturated carbocycles. The Hall–Kier alpha value is -1.89. The molecule has 2 fully saturated rings. The van der Waals surface area contributed by atoms with Crippen molar-refractivity contribution in [2.75, 3.05) is 25.0 Å². The van der Waals surface area contributed by atoms with E-state index in [-0.39, 0.29) is 23.8 Å². The molecule has 2 amide bonds. The Balaban J connectivity index is 1.47. The molecule has 0 aliphatic carbocycles. The second kappa shape index (κ2) is 7.12. The Bertz CT molecular complexity index is 557. The maximum absolute atomic E-state index is 12.4. The normalized spacial score (nSPS) is 22.8. The molecule has 3 rings (SSSR count). The van der Waals surface area contributed by atoms with Gasteiger partial charge in [0, 0.05) is 31.7 Å². The molecule has 3 heterocycles. The molecule has 1 atom stereocenters. The number of hydrogen-bond donors (Lipinski definition) is 1. The number of anilines is 1. The van der Waals surface area contributed by atoms with E-state index in [1.807, 2.05) is 4.90 Å². The van der Waals surface area contributed by atoms with Crippen LogP contribution in [0.15, 0.2) is 10.6 Å². The molecular formula is C16H23N3O4. The largest absolute Gasteiger partial charge is 0.368 e. The van der Waals surface area contributed by atoms with E-state index >= 15 is 0 Å². The molecule has 1 aromatic rings. The molecule has 0 bridgehead atoms. The first-order valence-electron chi connectivity index (χ1n) is 8.28. The molecule has 7 nitrogen and oxygen atoms in total. The highest BCUT2D eigenvalue weighted by Gasteiger charge is 2.32. The van der Waals surface area contributed by atoms with Gasteiger partial charge in [0.1, 0.15) is 11.9 Å². The van der Waals surface area contributed by atoms with Crippen LogP contribution in [-0.4, -0.2) is 47.7 Å². The summed E-state index contributed by atoms with van der Waals surface area (Å²) in [6.45, 7) is 3.66. The first-order valence-corrected chi connectivity index (χ1v) is 8.28. The van der Waals surface area contributed by atoms with Gasteiger partial charge >= 0.3 is 0 Å². The van der Waals surface area contributed by atoms with Crippen molar-refractivity contribution in [3.05, 3.63) is 11.8 Å². The molecule has 7 heteroatoms.